The van der Waals surface area contributed by atoms with E-state index in [1.165, 1.54) is 12.1 Å². The largest absolute Gasteiger partial charge is 0.463 e. The van der Waals surface area contributed by atoms with Crippen LogP contribution in [0.25, 0.3) is 6.08 Å². The Kier molecular flexibility index (Phi) is 4.68. The summed E-state index contributed by atoms with van der Waals surface area (Å²) < 4.78 is 18.9. The molecule has 86 valence electrons. The van der Waals surface area contributed by atoms with E-state index in [4.69, 9.17) is 4.74 Å². The number of hydrogen-bond donors (Lipinski definition) is 0. The second kappa shape index (κ2) is 5.80. The lowest BCUT2D eigenvalue weighted by Crippen LogP contribution is -2.04. The van der Waals surface area contributed by atoms with Crippen LogP contribution in [0, 0.1) is 5.82 Å². The van der Waals surface area contributed by atoms with Gasteiger partial charge in [-0.1, -0.05) is 22.0 Å². The van der Waals surface area contributed by atoms with Gasteiger partial charge in [-0.3, -0.25) is 0 Å². The standard InChI is InChI=1S/C12H12BrFO2/c1-3-16-12(15)8(2)6-9-4-5-10(13)7-11(9)14/h4-7H,3H2,1-2H3/b8-6+. The Bertz CT molecular complexity index is 427. The van der Waals surface area contributed by atoms with Gasteiger partial charge in [0.25, 0.3) is 0 Å². The summed E-state index contributed by atoms with van der Waals surface area (Å²) >= 11 is 3.16. The summed E-state index contributed by atoms with van der Waals surface area (Å²) in [6.45, 7) is 3.64. The molecule has 1 aromatic rings. The SMILES string of the molecule is CCOC(=O)/C(C)=C/c1ccc(Br)cc1F. The summed E-state index contributed by atoms with van der Waals surface area (Å²) in [5.41, 5.74) is 0.747. The van der Waals surface area contributed by atoms with E-state index in [0.29, 0.717) is 22.2 Å². The molecule has 0 saturated heterocycles. The van der Waals surface area contributed by atoms with Crippen molar-refractivity contribution < 1.29 is 13.9 Å². The first kappa shape index (κ1) is 12.9. The minimum Gasteiger partial charge on any atom is -0.463 e. The molecule has 4 heteroatoms. The number of esters is 1. The van der Waals surface area contributed by atoms with Gasteiger partial charge in [0.05, 0.1) is 6.61 Å². The molecule has 0 aromatic heterocycles. The van der Waals surface area contributed by atoms with E-state index in [9.17, 15) is 9.18 Å². The highest BCUT2D eigenvalue weighted by Crippen LogP contribution is 2.17. The molecule has 0 spiro atoms. The third kappa shape index (κ3) is 3.45. The fourth-order valence-electron chi connectivity index (χ4n) is 1.16. The van der Waals surface area contributed by atoms with Crippen LogP contribution in [0.2, 0.25) is 0 Å². The Labute approximate surface area is 102 Å². The molecule has 0 amide bonds. The molecular weight excluding hydrogens is 275 g/mol. The first-order chi connectivity index (χ1) is 7.54. The first-order valence-electron chi connectivity index (χ1n) is 4.85. The minimum absolute atomic E-state index is 0.312. The lowest BCUT2D eigenvalue weighted by molar-refractivity contribution is -0.138. The van der Waals surface area contributed by atoms with Crippen LogP contribution in [0.15, 0.2) is 28.2 Å². The number of ether oxygens (including phenoxy) is 1. The zero-order chi connectivity index (χ0) is 12.1. The molecule has 0 radical (unpaired) electrons. The molecule has 1 aromatic carbocycles. The van der Waals surface area contributed by atoms with Crippen LogP contribution in [0.5, 0.6) is 0 Å². The molecule has 0 atom stereocenters. The van der Waals surface area contributed by atoms with Crippen molar-refractivity contribution in [2.45, 2.75) is 13.8 Å². The smallest absolute Gasteiger partial charge is 0.333 e. The quantitative estimate of drug-likeness (QED) is 0.627. The van der Waals surface area contributed by atoms with Gasteiger partial charge in [-0.15, -0.1) is 0 Å². The van der Waals surface area contributed by atoms with Crippen molar-refractivity contribution >= 4 is 28.0 Å². The number of carbonyl (C=O) groups is 1. The summed E-state index contributed by atoms with van der Waals surface area (Å²) in [5, 5.41) is 0. The van der Waals surface area contributed by atoms with Gasteiger partial charge >= 0.3 is 5.97 Å². The highest BCUT2D eigenvalue weighted by molar-refractivity contribution is 9.10. The molecule has 1 rings (SSSR count). The Morgan fingerprint density at radius 3 is 2.81 bits per heavy atom. The highest BCUT2D eigenvalue weighted by atomic mass is 79.9. The van der Waals surface area contributed by atoms with E-state index in [0.717, 1.165) is 0 Å². The lowest BCUT2D eigenvalue weighted by atomic mass is 10.1. The molecule has 0 bridgehead atoms. The minimum atomic E-state index is -0.426. The third-order valence-electron chi connectivity index (χ3n) is 1.93. The van der Waals surface area contributed by atoms with Crippen LogP contribution >= 0.6 is 15.9 Å². The van der Waals surface area contributed by atoms with E-state index in [2.05, 4.69) is 15.9 Å². The zero-order valence-corrected chi connectivity index (χ0v) is 10.7. The van der Waals surface area contributed by atoms with E-state index in [-0.39, 0.29) is 5.82 Å². The second-order valence-corrected chi connectivity index (χ2v) is 4.13. The van der Waals surface area contributed by atoms with Gasteiger partial charge in [0.1, 0.15) is 5.82 Å². The Balaban J connectivity index is 2.94. The predicted molar refractivity (Wildman–Crippen MR) is 64.4 cm³/mol. The molecule has 2 nitrogen and oxygen atoms in total. The normalized spacial score (nSPS) is 11.4. The van der Waals surface area contributed by atoms with Crippen molar-refractivity contribution in [3.63, 3.8) is 0 Å². The molecule has 0 unspecified atom stereocenters. The molecule has 0 aliphatic rings. The zero-order valence-electron chi connectivity index (χ0n) is 9.09. The number of hydrogen-bond acceptors (Lipinski definition) is 2. The molecule has 16 heavy (non-hydrogen) atoms. The molecule has 0 fully saturated rings. The topological polar surface area (TPSA) is 26.3 Å². The molecule has 0 aliphatic carbocycles. The van der Waals surface area contributed by atoms with Crippen LogP contribution in [0.4, 0.5) is 4.39 Å². The number of rotatable bonds is 3. The van der Waals surface area contributed by atoms with Crippen LogP contribution in [0.1, 0.15) is 19.4 Å². The maximum absolute atomic E-state index is 13.4. The summed E-state index contributed by atoms with van der Waals surface area (Å²) in [6, 6.07) is 4.67. The van der Waals surface area contributed by atoms with Crippen molar-refractivity contribution in [1.82, 2.24) is 0 Å². The van der Waals surface area contributed by atoms with Gasteiger partial charge < -0.3 is 4.74 Å². The Morgan fingerprint density at radius 2 is 2.25 bits per heavy atom. The molecule has 0 heterocycles. The molecular formula is C12H12BrFO2. The van der Waals surface area contributed by atoms with Crippen molar-refractivity contribution in [1.29, 1.82) is 0 Å². The average Bonchev–Trinajstić information content (AvgIpc) is 2.22. The Hall–Kier alpha value is -1.16. The van der Waals surface area contributed by atoms with Crippen molar-refractivity contribution in [3.8, 4) is 0 Å². The summed E-state index contributed by atoms with van der Waals surface area (Å²) in [7, 11) is 0. The molecule has 0 aliphatic heterocycles. The van der Waals surface area contributed by atoms with Crippen molar-refractivity contribution in [2.75, 3.05) is 6.61 Å². The third-order valence-corrected chi connectivity index (χ3v) is 2.43. The van der Waals surface area contributed by atoms with Crippen LogP contribution in [0.3, 0.4) is 0 Å². The Morgan fingerprint density at radius 1 is 1.56 bits per heavy atom. The van der Waals surface area contributed by atoms with E-state index in [1.807, 2.05) is 0 Å². The summed E-state index contributed by atoms with van der Waals surface area (Å²) in [5.74, 6) is -0.803. The van der Waals surface area contributed by atoms with Gasteiger partial charge in [0.15, 0.2) is 0 Å². The van der Waals surface area contributed by atoms with Gasteiger partial charge in [0, 0.05) is 15.6 Å². The van der Waals surface area contributed by atoms with Gasteiger partial charge in [-0.05, 0) is 32.1 Å². The number of halogens is 2. The van der Waals surface area contributed by atoms with Gasteiger partial charge in [0.2, 0.25) is 0 Å². The summed E-state index contributed by atoms with van der Waals surface area (Å²) in [6.07, 6.45) is 1.47. The first-order valence-corrected chi connectivity index (χ1v) is 5.64. The monoisotopic (exact) mass is 286 g/mol. The van der Waals surface area contributed by atoms with Crippen molar-refractivity contribution in [2.24, 2.45) is 0 Å². The van der Waals surface area contributed by atoms with E-state index < -0.39 is 5.97 Å². The van der Waals surface area contributed by atoms with Crippen LogP contribution in [-0.2, 0) is 9.53 Å². The predicted octanol–water partition coefficient (Wildman–Crippen LogP) is 3.55. The maximum Gasteiger partial charge on any atom is 0.333 e. The van der Waals surface area contributed by atoms with Crippen molar-refractivity contribution in [3.05, 3.63) is 39.6 Å². The van der Waals surface area contributed by atoms with Gasteiger partial charge in [-0.25, -0.2) is 9.18 Å². The molecule has 0 N–H and O–H groups in total. The maximum atomic E-state index is 13.4. The fraction of sp³-hybridized carbons (Fsp3) is 0.250. The van der Waals surface area contributed by atoms with Crippen LogP contribution < -0.4 is 0 Å². The average molecular weight is 287 g/mol. The lowest BCUT2D eigenvalue weighted by Gasteiger charge is -2.02. The molecule has 0 saturated carbocycles. The second-order valence-electron chi connectivity index (χ2n) is 3.21. The van der Waals surface area contributed by atoms with E-state index >= 15 is 0 Å². The highest BCUT2D eigenvalue weighted by Gasteiger charge is 2.06. The van der Waals surface area contributed by atoms with Crippen LogP contribution in [-0.4, -0.2) is 12.6 Å². The van der Waals surface area contributed by atoms with E-state index in [1.54, 1.807) is 26.0 Å². The number of benzene rings is 1. The summed E-state index contributed by atoms with van der Waals surface area (Å²) in [4.78, 5) is 11.3. The van der Waals surface area contributed by atoms with Gasteiger partial charge in [-0.2, -0.15) is 0 Å². The fourth-order valence-corrected chi connectivity index (χ4v) is 1.49. The number of carbonyl (C=O) groups excluding carboxylic acids is 1.